The van der Waals surface area contributed by atoms with E-state index in [0.29, 0.717) is 18.9 Å². The summed E-state index contributed by atoms with van der Waals surface area (Å²) in [7, 11) is 0. The summed E-state index contributed by atoms with van der Waals surface area (Å²) in [6, 6.07) is 1.47. The van der Waals surface area contributed by atoms with E-state index in [1.54, 1.807) is 10.9 Å². The molecular weight excluding hydrogens is 216 g/mol. The Bertz CT molecular complexity index is 334. The average Bonchev–Trinajstić information content (AvgIpc) is 2.68. The third-order valence-electron chi connectivity index (χ3n) is 2.47. The van der Waals surface area contributed by atoms with Gasteiger partial charge in [-0.2, -0.15) is 5.10 Å². The Morgan fingerprint density at radius 3 is 2.71 bits per heavy atom. The number of aromatic nitrogens is 2. The third-order valence-corrected chi connectivity index (χ3v) is 2.47. The highest BCUT2D eigenvalue weighted by Crippen LogP contribution is 2.03. The molecule has 0 bridgehead atoms. The van der Waals surface area contributed by atoms with Crippen molar-refractivity contribution in [3.05, 3.63) is 18.5 Å². The monoisotopic (exact) mass is 238 g/mol. The minimum Gasteiger partial charge on any atom is -0.350 e. The molecule has 1 aromatic rings. The van der Waals surface area contributed by atoms with Crippen LogP contribution in [0.25, 0.3) is 0 Å². The van der Waals surface area contributed by atoms with Crippen molar-refractivity contribution < 1.29 is 4.79 Å². The first-order chi connectivity index (χ1) is 7.99. The molecule has 0 saturated carbocycles. The lowest BCUT2D eigenvalue weighted by Crippen LogP contribution is -2.46. The van der Waals surface area contributed by atoms with Crippen LogP contribution in [0.3, 0.4) is 0 Å². The molecule has 17 heavy (non-hydrogen) atoms. The maximum Gasteiger partial charge on any atom is 0.237 e. The van der Waals surface area contributed by atoms with E-state index in [1.807, 2.05) is 19.2 Å². The molecule has 0 aliphatic carbocycles. The van der Waals surface area contributed by atoms with Gasteiger partial charge in [-0.25, -0.2) is 0 Å². The van der Waals surface area contributed by atoms with E-state index in [9.17, 15) is 4.79 Å². The van der Waals surface area contributed by atoms with Gasteiger partial charge in [-0.05, 0) is 25.3 Å². The van der Waals surface area contributed by atoms with E-state index in [-0.39, 0.29) is 11.9 Å². The minimum atomic E-state index is -0.421. The van der Waals surface area contributed by atoms with E-state index < -0.39 is 6.04 Å². The molecule has 0 saturated heterocycles. The Balaban J connectivity index is 2.35. The molecule has 5 heteroatoms. The lowest BCUT2D eigenvalue weighted by molar-refractivity contribution is -0.123. The number of carbonyl (C=O) groups is 1. The van der Waals surface area contributed by atoms with Crippen molar-refractivity contribution in [2.75, 3.05) is 0 Å². The van der Waals surface area contributed by atoms with Gasteiger partial charge in [-0.1, -0.05) is 13.8 Å². The van der Waals surface area contributed by atoms with E-state index in [1.165, 1.54) is 0 Å². The Morgan fingerprint density at radius 2 is 2.18 bits per heavy atom. The van der Waals surface area contributed by atoms with Crippen LogP contribution < -0.4 is 11.1 Å². The zero-order valence-corrected chi connectivity index (χ0v) is 10.8. The topological polar surface area (TPSA) is 72.9 Å². The standard InChI is InChI=1S/C12H22N4O/c1-9(2)7-11(13)12(17)15-10(3)8-16-6-4-5-14-16/h4-6,9-11H,7-8,13H2,1-3H3,(H,15,17)/t10?,11-/m0/s1. The van der Waals surface area contributed by atoms with Crippen LogP contribution in [0.5, 0.6) is 0 Å². The first kappa shape index (κ1) is 13.7. The summed E-state index contributed by atoms with van der Waals surface area (Å²) < 4.78 is 1.79. The molecule has 5 nitrogen and oxygen atoms in total. The average molecular weight is 238 g/mol. The summed E-state index contributed by atoms with van der Waals surface area (Å²) in [4.78, 5) is 11.8. The summed E-state index contributed by atoms with van der Waals surface area (Å²) >= 11 is 0. The van der Waals surface area contributed by atoms with Crippen molar-refractivity contribution in [1.82, 2.24) is 15.1 Å². The van der Waals surface area contributed by atoms with Gasteiger partial charge in [0.25, 0.3) is 0 Å². The second kappa shape index (κ2) is 6.39. The van der Waals surface area contributed by atoms with Crippen molar-refractivity contribution in [2.24, 2.45) is 11.7 Å². The lowest BCUT2D eigenvalue weighted by Gasteiger charge is -2.18. The van der Waals surface area contributed by atoms with Crippen LogP contribution in [0, 0.1) is 5.92 Å². The van der Waals surface area contributed by atoms with Gasteiger partial charge >= 0.3 is 0 Å². The molecule has 0 radical (unpaired) electrons. The molecule has 1 heterocycles. The first-order valence-corrected chi connectivity index (χ1v) is 6.02. The molecule has 1 aromatic heterocycles. The highest BCUT2D eigenvalue weighted by Gasteiger charge is 2.16. The molecule has 0 fully saturated rings. The molecule has 2 atom stereocenters. The normalized spacial score (nSPS) is 14.6. The second-order valence-corrected chi connectivity index (χ2v) is 4.87. The van der Waals surface area contributed by atoms with Crippen LogP contribution in [0.1, 0.15) is 27.2 Å². The van der Waals surface area contributed by atoms with E-state index >= 15 is 0 Å². The number of rotatable bonds is 6. The zero-order valence-electron chi connectivity index (χ0n) is 10.8. The predicted molar refractivity (Wildman–Crippen MR) is 67.3 cm³/mol. The fourth-order valence-electron chi connectivity index (χ4n) is 1.70. The summed E-state index contributed by atoms with van der Waals surface area (Å²) in [5, 5.41) is 6.99. The van der Waals surface area contributed by atoms with Gasteiger partial charge in [0.1, 0.15) is 0 Å². The number of nitrogens with one attached hydrogen (secondary N) is 1. The van der Waals surface area contributed by atoms with Gasteiger partial charge in [0, 0.05) is 18.4 Å². The summed E-state index contributed by atoms with van der Waals surface area (Å²) in [5.41, 5.74) is 5.81. The molecule has 1 rings (SSSR count). The minimum absolute atomic E-state index is 0.0283. The number of nitrogens with zero attached hydrogens (tertiary/aromatic N) is 2. The second-order valence-electron chi connectivity index (χ2n) is 4.87. The Morgan fingerprint density at radius 1 is 1.47 bits per heavy atom. The van der Waals surface area contributed by atoms with Crippen molar-refractivity contribution in [3.63, 3.8) is 0 Å². The maximum absolute atomic E-state index is 11.8. The molecule has 3 N–H and O–H groups in total. The Labute approximate surface area is 102 Å². The van der Waals surface area contributed by atoms with Gasteiger partial charge in [0.15, 0.2) is 0 Å². The van der Waals surface area contributed by atoms with Crippen LogP contribution in [-0.4, -0.2) is 27.8 Å². The quantitative estimate of drug-likeness (QED) is 0.768. The predicted octanol–water partition coefficient (Wildman–Crippen LogP) is 0.761. The smallest absolute Gasteiger partial charge is 0.237 e. The molecule has 0 spiro atoms. The van der Waals surface area contributed by atoms with Crippen LogP contribution in [-0.2, 0) is 11.3 Å². The van der Waals surface area contributed by atoms with Crippen LogP contribution in [0.2, 0.25) is 0 Å². The number of carbonyl (C=O) groups excluding carboxylic acids is 1. The third kappa shape index (κ3) is 4.99. The zero-order chi connectivity index (χ0) is 12.8. The molecule has 0 aliphatic rings. The summed E-state index contributed by atoms with van der Waals surface area (Å²) in [6.07, 6.45) is 4.30. The number of nitrogens with two attached hydrogens (primary N) is 1. The SMILES string of the molecule is CC(C)C[C@H](N)C(=O)NC(C)Cn1cccn1. The van der Waals surface area contributed by atoms with Gasteiger partial charge in [0.05, 0.1) is 12.6 Å². The van der Waals surface area contributed by atoms with E-state index in [2.05, 4.69) is 24.3 Å². The highest BCUT2D eigenvalue weighted by molar-refractivity contribution is 5.81. The fourth-order valence-corrected chi connectivity index (χ4v) is 1.70. The maximum atomic E-state index is 11.8. The number of hydrogen-bond donors (Lipinski definition) is 2. The largest absolute Gasteiger partial charge is 0.350 e. The van der Waals surface area contributed by atoms with Crippen LogP contribution in [0.15, 0.2) is 18.5 Å². The summed E-state index contributed by atoms with van der Waals surface area (Å²) in [6.45, 7) is 6.72. The Hall–Kier alpha value is -1.36. The lowest BCUT2D eigenvalue weighted by atomic mass is 10.0. The van der Waals surface area contributed by atoms with Gasteiger partial charge in [-0.3, -0.25) is 9.48 Å². The van der Waals surface area contributed by atoms with Crippen molar-refractivity contribution in [1.29, 1.82) is 0 Å². The molecule has 0 aromatic carbocycles. The van der Waals surface area contributed by atoms with Crippen LogP contribution in [0.4, 0.5) is 0 Å². The van der Waals surface area contributed by atoms with Crippen LogP contribution >= 0.6 is 0 Å². The molecule has 1 amide bonds. The Kier molecular flexibility index (Phi) is 5.15. The van der Waals surface area contributed by atoms with Crippen molar-refractivity contribution in [2.45, 2.75) is 45.8 Å². The van der Waals surface area contributed by atoms with Gasteiger partial charge in [-0.15, -0.1) is 0 Å². The van der Waals surface area contributed by atoms with Crippen molar-refractivity contribution >= 4 is 5.91 Å². The van der Waals surface area contributed by atoms with Gasteiger partial charge < -0.3 is 11.1 Å². The van der Waals surface area contributed by atoms with Crippen molar-refractivity contribution in [3.8, 4) is 0 Å². The number of amides is 1. The molecule has 0 aliphatic heterocycles. The summed E-state index contributed by atoms with van der Waals surface area (Å²) in [5.74, 6) is 0.343. The highest BCUT2D eigenvalue weighted by atomic mass is 16.2. The van der Waals surface area contributed by atoms with E-state index in [0.717, 1.165) is 0 Å². The van der Waals surface area contributed by atoms with Gasteiger partial charge in [0.2, 0.25) is 5.91 Å². The molecule has 1 unspecified atom stereocenters. The molecular formula is C12H22N4O. The number of hydrogen-bond acceptors (Lipinski definition) is 3. The van der Waals surface area contributed by atoms with E-state index in [4.69, 9.17) is 5.73 Å². The fraction of sp³-hybridized carbons (Fsp3) is 0.667. The molecule has 96 valence electrons. The first-order valence-electron chi connectivity index (χ1n) is 6.02.